The third kappa shape index (κ3) is 4.87. The van der Waals surface area contributed by atoms with Gasteiger partial charge < -0.3 is 9.84 Å². The molecule has 2 aromatic rings. The zero-order valence-electron chi connectivity index (χ0n) is 13.7. The fourth-order valence-electron chi connectivity index (χ4n) is 2.20. The number of ether oxygens (including phenoxy) is 1. The first-order valence-electron chi connectivity index (χ1n) is 7.40. The number of aryl methyl sites for hydroxylation is 2. The van der Waals surface area contributed by atoms with Gasteiger partial charge >= 0.3 is 5.97 Å². The second kappa shape index (κ2) is 7.76. The van der Waals surface area contributed by atoms with E-state index in [1.54, 1.807) is 31.2 Å². The number of carboxylic acids is 1. The summed E-state index contributed by atoms with van der Waals surface area (Å²) in [6, 6.07) is 9.22. The van der Waals surface area contributed by atoms with Gasteiger partial charge in [-0.15, -0.1) is 0 Å². The van der Waals surface area contributed by atoms with Crippen LogP contribution in [0.25, 0.3) is 0 Å². The normalized spacial score (nSPS) is 11.2. The Morgan fingerprint density at radius 1 is 1.24 bits per heavy atom. The highest BCUT2D eigenvalue weighted by Crippen LogP contribution is 2.32. The van der Waals surface area contributed by atoms with Crippen LogP contribution in [0.2, 0.25) is 5.02 Å². The van der Waals surface area contributed by atoms with Crippen LogP contribution in [0, 0.1) is 6.92 Å². The van der Waals surface area contributed by atoms with Crippen molar-refractivity contribution in [3.05, 3.63) is 52.5 Å². The minimum atomic E-state index is -3.81. The van der Waals surface area contributed by atoms with E-state index >= 15 is 0 Å². The monoisotopic (exact) mass is 383 g/mol. The molecule has 0 bridgehead atoms. The third-order valence-electron chi connectivity index (χ3n) is 3.59. The Labute approximate surface area is 151 Å². The summed E-state index contributed by atoms with van der Waals surface area (Å²) < 4.78 is 32.8. The number of anilines is 1. The molecule has 6 nitrogen and oxygen atoms in total. The standard InChI is InChI=1S/C17H18ClNO5S/c1-11-9-15(16(24-2)10-14(11)18)19-25(22,23)13-6-3-12(4-7-13)5-8-17(20)21/h3-4,6-7,9-10,19H,5,8H2,1-2H3,(H,20,21). The summed E-state index contributed by atoms with van der Waals surface area (Å²) in [5.74, 6) is -0.583. The summed E-state index contributed by atoms with van der Waals surface area (Å²) >= 11 is 6.02. The Morgan fingerprint density at radius 2 is 1.88 bits per heavy atom. The second-order valence-corrected chi connectivity index (χ2v) is 7.53. The predicted molar refractivity (Wildman–Crippen MR) is 95.9 cm³/mol. The van der Waals surface area contributed by atoms with Crippen molar-refractivity contribution < 1.29 is 23.1 Å². The molecule has 0 saturated carbocycles. The van der Waals surface area contributed by atoms with Crippen LogP contribution in [0.15, 0.2) is 41.3 Å². The van der Waals surface area contributed by atoms with E-state index in [0.29, 0.717) is 28.4 Å². The number of hydrogen-bond donors (Lipinski definition) is 2. The second-order valence-electron chi connectivity index (χ2n) is 5.44. The van der Waals surface area contributed by atoms with Crippen molar-refractivity contribution in [3.63, 3.8) is 0 Å². The molecule has 0 heterocycles. The maximum absolute atomic E-state index is 12.5. The molecular formula is C17H18ClNO5S. The molecule has 0 aliphatic rings. The van der Waals surface area contributed by atoms with Gasteiger partial charge in [0.1, 0.15) is 5.75 Å². The lowest BCUT2D eigenvalue weighted by atomic mass is 10.1. The lowest BCUT2D eigenvalue weighted by molar-refractivity contribution is -0.136. The summed E-state index contributed by atoms with van der Waals surface area (Å²) in [7, 11) is -2.39. The van der Waals surface area contributed by atoms with Crippen LogP contribution in [-0.4, -0.2) is 26.6 Å². The molecule has 0 unspecified atom stereocenters. The van der Waals surface area contributed by atoms with E-state index in [9.17, 15) is 13.2 Å². The van der Waals surface area contributed by atoms with Gasteiger partial charge in [-0.3, -0.25) is 9.52 Å². The molecule has 0 amide bonds. The van der Waals surface area contributed by atoms with E-state index in [2.05, 4.69) is 4.72 Å². The average Bonchev–Trinajstić information content (AvgIpc) is 2.56. The molecule has 2 aromatic carbocycles. The fourth-order valence-corrected chi connectivity index (χ4v) is 3.42. The largest absolute Gasteiger partial charge is 0.495 e. The number of aliphatic carboxylic acids is 1. The number of carbonyl (C=O) groups is 1. The van der Waals surface area contributed by atoms with Crippen molar-refractivity contribution in [1.82, 2.24) is 0 Å². The highest BCUT2D eigenvalue weighted by Gasteiger charge is 2.17. The summed E-state index contributed by atoms with van der Waals surface area (Å²) in [5, 5.41) is 9.16. The first-order chi connectivity index (χ1) is 11.7. The highest BCUT2D eigenvalue weighted by molar-refractivity contribution is 7.92. The van der Waals surface area contributed by atoms with Crippen molar-refractivity contribution in [3.8, 4) is 5.75 Å². The van der Waals surface area contributed by atoms with Crippen molar-refractivity contribution in [1.29, 1.82) is 0 Å². The fraction of sp³-hybridized carbons (Fsp3) is 0.235. The zero-order chi connectivity index (χ0) is 18.6. The predicted octanol–water partition coefficient (Wildman–Crippen LogP) is 3.48. The molecular weight excluding hydrogens is 366 g/mol. The molecule has 0 saturated heterocycles. The van der Waals surface area contributed by atoms with Gasteiger partial charge in [-0.1, -0.05) is 23.7 Å². The molecule has 0 atom stereocenters. The highest BCUT2D eigenvalue weighted by atomic mass is 35.5. The van der Waals surface area contributed by atoms with Crippen LogP contribution < -0.4 is 9.46 Å². The van der Waals surface area contributed by atoms with Crippen LogP contribution in [-0.2, 0) is 21.2 Å². The quantitative estimate of drug-likeness (QED) is 0.763. The van der Waals surface area contributed by atoms with Crippen LogP contribution in [0.5, 0.6) is 5.75 Å². The number of rotatable bonds is 7. The molecule has 0 aliphatic carbocycles. The number of carboxylic acid groups (broad SMARTS) is 1. The average molecular weight is 384 g/mol. The molecule has 134 valence electrons. The van der Waals surface area contributed by atoms with Gasteiger partial charge in [0, 0.05) is 17.5 Å². The van der Waals surface area contributed by atoms with Gasteiger partial charge in [-0.25, -0.2) is 8.42 Å². The van der Waals surface area contributed by atoms with E-state index in [1.807, 2.05) is 0 Å². The molecule has 2 rings (SSSR count). The Bertz CT molecular complexity index is 879. The number of hydrogen-bond acceptors (Lipinski definition) is 4. The van der Waals surface area contributed by atoms with Gasteiger partial charge in [0.25, 0.3) is 10.0 Å². The molecule has 0 aromatic heterocycles. The van der Waals surface area contributed by atoms with Gasteiger partial charge in [0.05, 0.1) is 17.7 Å². The van der Waals surface area contributed by atoms with E-state index in [4.69, 9.17) is 21.4 Å². The topological polar surface area (TPSA) is 92.7 Å². The maximum atomic E-state index is 12.5. The number of halogens is 1. The van der Waals surface area contributed by atoms with Crippen LogP contribution in [0.1, 0.15) is 17.5 Å². The molecule has 0 spiro atoms. The molecule has 0 fully saturated rings. The lowest BCUT2D eigenvalue weighted by Gasteiger charge is -2.14. The van der Waals surface area contributed by atoms with Gasteiger partial charge in [-0.05, 0) is 42.7 Å². The number of methoxy groups -OCH3 is 1. The Hall–Kier alpha value is -2.25. The summed E-state index contributed by atoms with van der Waals surface area (Å²) in [6.07, 6.45) is 0.332. The van der Waals surface area contributed by atoms with Crippen molar-refractivity contribution in [2.75, 3.05) is 11.8 Å². The van der Waals surface area contributed by atoms with E-state index in [1.165, 1.54) is 19.2 Å². The van der Waals surface area contributed by atoms with Gasteiger partial charge in [0.15, 0.2) is 0 Å². The number of nitrogens with one attached hydrogen (secondary N) is 1. The number of sulfonamides is 1. The minimum Gasteiger partial charge on any atom is -0.495 e. The molecule has 0 aliphatic heterocycles. The molecule has 8 heteroatoms. The summed E-state index contributed by atoms with van der Waals surface area (Å²) in [6.45, 7) is 1.76. The lowest BCUT2D eigenvalue weighted by Crippen LogP contribution is -2.14. The first-order valence-corrected chi connectivity index (χ1v) is 9.26. The SMILES string of the molecule is COc1cc(Cl)c(C)cc1NS(=O)(=O)c1ccc(CCC(=O)O)cc1. The van der Waals surface area contributed by atoms with E-state index < -0.39 is 16.0 Å². The van der Waals surface area contributed by atoms with Gasteiger partial charge in [0.2, 0.25) is 0 Å². The van der Waals surface area contributed by atoms with Crippen molar-refractivity contribution >= 4 is 33.3 Å². The minimum absolute atomic E-state index is 0.00834. The maximum Gasteiger partial charge on any atom is 0.303 e. The van der Waals surface area contributed by atoms with Crippen LogP contribution in [0.4, 0.5) is 5.69 Å². The Morgan fingerprint density at radius 3 is 2.44 bits per heavy atom. The summed E-state index contributed by atoms with van der Waals surface area (Å²) in [5.41, 5.74) is 1.75. The van der Waals surface area contributed by atoms with Crippen molar-refractivity contribution in [2.24, 2.45) is 0 Å². The first kappa shape index (κ1) is 19.1. The smallest absolute Gasteiger partial charge is 0.303 e. The molecule has 2 N–H and O–H groups in total. The molecule has 25 heavy (non-hydrogen) atoms. The van der Waals surface area contributed by atoms with E-state index in [0.717, 1.165) is 5.56 Å². The Kier molecular flexibility index (Phi) is 5.92. The Balaban J connectivity index is 2.25. The summed E-state index contributed by atoms with van der Waals surface area (Å²) in [4.78, 5) is 10.7. The molecule has 0 radical (unpaired) electrons. The zero-order valence-corrected chi connectivity index (χ0v) is 15.3. The van der Waals surface area contributed by atoms with Gasteiger partial charge in [-0.2, -0.15) is 0 Å². The van der Waals surface area contributed by atoms with E-state index in [-0.39, 0.29) is 11.3 Å². The van der Waals surface area contributed by atoms with Crippen molar-refractivity contribution in [2.45, 2.75) is 24.7 Å². The van der Waals surface area contributed by atoms with Crippen LogP contribution >= 0.6 is 11.6 Å². The third-order valence-corrected chi connectivity index (χ3v) is 5.37. The van der Waals surface area contributed by atoms with Crippen LogP contribution in [0.3, 0.4) is 0 Å². The number of benzene rings is 2.